The molecule has 1 fully saturated rings. The molecule has 0 aliphatic heterocycles. The summed E-state index contributed by atoms with van der Waals surface area (Å²) in [5.74, 6) is 0.958. The molecule has 1 N–H and O–H groups in total. The van der Waals surface area contributed by atoms with Gasteiger partial charge in [-0.2, -0.15) is 0 Å². The quantitative estimate of drug-likeness (QED) is 0.771. The number of rotatable bonds is 7. The van der Waals surface area contributed by atoms with Gasteiger partial charge < -0.3 is 5.32 Å². The summed E-state index contributed by atoms with van der Waals surface area (Å²) in [4.78, 5) is 0. The summed E-state index contributed by atoms with van der Waals surface area (Å²) < 4.78 is 0. The van der Waals surface area contributed by atoms with E-state index in [1.165, 1.54) is 37.7 Å². The third kappa shape index (κ3) is 4.33. The van der Waals surface area contributed by atoms with Crippen LogP contribution in [0.4, 0.5) is 0 Å². The maximum Gasteiger partial charge on any atom is 0.0406 e. The van der Waals surface area contributed by atoms with Crippen LogP contribution in [0, 0.1) is 5.92 Å². The molecule has 1 atom stereocenters. The highest BCUT2D eigenvalue weighted by molar-refractivity contribution is 6.30. The number of benzene rings is 1. The van der Waals surface area contributed by atoms with Crippen molar-refractivity contribution >= 4 is 11.6 Å². The maximum absolute atomic E-state index is 5.88. The lowest BCUT2D eigenvalue weighted by Crippen LogP contribution is -2.30. The minimum absolute atomic E-state index is 0.757. The second-order valence-electron chi connectivity index (χ2n) is 5.02. The van der Waals surface area contributed by atoms with E-state index in [2.05, 4.69) is 24.4 Å². The molecule has 0 radical (unpaired) electrons. The highest BCUT2D eigenvalue weighted by atomic mass is 35.5. The van der Waals surface area contributed by atoms with Crippen molar-refractivity contribution in [3.8, 4) is 0 Å². The molecule has 0 heterocycles. The zero-order chi connectivity index (χ0) is 12.1. The summed E-state index contributed by atoms with van der Waals surface area (Å²) in [5.41, 5.74) is 1.40. The summed E-state index contributed by atoms with van der Waals surface area (Å²) in [7, 11) is 0. The van der Waals surface area contributed by atoms with Crippen molar-refractivity contribution in [1.82, 2.24) is 5.32 Å². The molecule has 2 rings (SSSR count). The van der Waals surface area contributed by atoms with Crippen molar-refractivity contribution in [2.24, 2.45) is 5.92 Å². The van der Waals surface area contributed by atoms with Crippen molar-refractivity contribution in [2.45, 2.75) is 45.1 Å². The number of halogens is 1. The lowest BCUT2D eigenvalue weighted by molar-refractivity contribution is 0.434. The van der Waals surface area contributed by atoms with Crippen LogP contribution in [0.5, 0.6) is 0 Å². The fourth-order valence-electron chi connectivity index (χ4n) is 2.44. The van der Waals surface area contributed by atoms with Crippen LogP contribution < -0.4 is 5.32 Å². The van der Waals surface area contributed by atoms with Gasteiger partial charge in [-0.25, -0.2) is 0 Å². The molecule has 1 nitrogen and oxygen atoms in total. The van der Waals surface area contributed by atoms with Crippen molar-refractivity contribution in [2.75, 3.05) is 6.54 Å². The maximum atomic E-state index is 5.88. The predicted octanol–water partition coefficient (Wildman–Crippen LogP) is 4.05. The SMILES string of the molecule is CCNC(CCCc1ccc(Cl)cc1)C1CC1. The smallest absolute Gasteiger partial charge is 0.0406 e. The van der Waals surface area contributed by atoms with Crippen molar-refractivity contribution in [3.63, 3.8) is 0 Å². The highest BCUT2D eigenvalue weighted by Crippen LogP contribution is 2.34. The van der Waals surface area contributed by atoms with Gasteiger partial charge in [0.15, 0.2) is 0 Å². The van der Waals surface area contributed by atoms with Crippen LogP contribution in [0.25, 0.3) is 0 Å². The van der Waals surface area contributed by atoms with Gasteiger partial charge in [0.05, 0.1) is 0 Å². The van der Waals surface area contributed by atoms with Gasteiger partial charge in [-0.3, -0.25) is 0 Å². The van der Waals surface area contributed by atoms with Gasteiger partial charge in [0.2, 0.25) is 0 Å². The van der Waals surface area contributed by atoms with Gasteiger partial charge >= 0.3 is 0 Å². The number of hydrogen-bond acceptors (Lipinski definition) is 1. The molecule has 1 aliphatic rings. The van der Waals surface area contributed by atoms with Gasteiger partial charge in [-0.05, 0) is 62.3 Å². The standard InChI is InChI=1S/C15H22ClN/c1-2-17-15(13-8-9-13)5-3-4-12-6-10-14(16)11-7-12/h6-7,10-11,13,15,17H,2-5,8-9H2,1H3. The van der Waals surface area contributed by atoms with Crippen LogP contribution in [0.2, 0.25) is 5.02 Å². The molecule has 0 amide bonds. The molecule has 0 saturated heterocycles. The monoisotopic (exact) mass is 251 g/mol. The van der Waals surface area contributed by atoms with Gasteiger partial charge in [0, 0.05) is 11.1 Å². The van der Waals surface area contributed by atoms with Crippen LogP contribution in [-0.4, -0.2) is 12.6 Å². The summed E-state index contributed by atoms with van der Waals surface area (Å²) in [5, 5.41) is 4.45. The van der Waals surface area contributed by atoms with E-state index in [0.29, 0.717) is 0 Å². The van der Waals surface area contributed by atoms with Crippen LogP contribution in [0.3, 0.4) is 0 Å². The number of nitrogens with one attached hydrogen (secondary N) is 1. The van der Waals surface area contributed by atoms with Crippen LogP contribution >= 0.6 is 11.6 Å². The molecule has 1 aromatic carbocycles. The zero-order valence-corrected chi connectivity index (χ0v) is 11.3. The van der Waals surface area contributed by atoms with Gasteiger partial charge in [-0.1, -0.05) is 30.7 Å². The largest absolute Gasteiger partial charge is 0.314 e. The summed E-state index contributed by atoms with van der Waals surface area (Å²) in [6.45, 7) is 3.30. The van der Waals surface area contributed by atoms with E-state index in [9.17, 15) is 0 Å². The topological polar surface area (TPSA) is 12.0 Å². The van der Waals surface area contributed by atoms with Gasteiger partial charge in [0.1, 0.15) is 0 Å². The lowest BCUT2D eigenvalue weighted by atomic mass is 10.0. The van der Waals surface area contributed by atoms with Gasteiger partial charge in [-0.15, -0.1) is 0 Å². The van der Waals surface area contributed by atoms with Gasteiger partial charge in [0.25, 0.3) is 0 Å². The number of hydrogen-bond donors (Lipinski definition) is 1. The Hall–Kier alpha value is -0.530. The minimum atomic E-state index is 0.757. The van der Waals surface area contributed by atoms with Crippen molar-refractivity contribution in [3.05, 3.63) is 34.9 Å². The first-order valence-electron chi connectivity index (χ1n) is 6.77. The second-order valence-corrected chi connectivity index (χ2v) is 5.46. The molecule has 94 valence electrons. The highest BCUT2D eigenvalue weighted by Gasteiger charge is 2.29. The Labute approximate surface area is 110 Å². The fraction of sp³-hybridized carbons (Fsp3) is 0.600. The Morgan fingerprint density at radius 1 is 1.29 bits per heavy atom. The third-order valence-electron chi connectivity index (χ3n) is 3.55. The predicted molar refractivity (Wildman–Crippen MR) is 74.6 cm³/mol. The number of aryl methyl sites for hydroxylation is 1. The first-order chi connectivity index (χ1) is 8.29. The van der Waals surface area contributed by atoms with E-state index in [1.54, 1.807) is 0 Å². The first kappa shape index (κ1) is 12.9. The van der Waals surface area contributed by atoms with Crippen LogP contribution in [0.1, 0.15) is 38.2 Å². The summed E-state index contributed by atoms with van der Waals surface area (Å²) in [6, 6.07) is 9.01. The second kappa shape index (κ2) is 6.42. The summed E-state index contributed by atoms with van der Waals surface area (Å²) >= 11 is 5.88. The van der Waals surface area contributed by atoms with E-state index in [-0.39, 0.29) is 0 Å². The molecule has 0 spiro atoms. The molecule has 2 heteroatoms. The third-order valence-corrected chi connectivity index (χ3v) is 3.80. The molecule has 1 aliphatic carbocycles. The minimum Gasteiger partial charge on any atom is -0.314 e. The molecule has 17 heavy (non-hydrogen) atoms. The van der Waals surface area contributed by atoms with E-state index >= 15 is 0 Å². The zero-order valence-electron chi connectivity index (χ0n) is 10.6. The van der Waals surface area contributed by atoms with Crippen molar-refractivity contribution in [1.29, 1.82) is 0 Å². The van der Waals surface area contributed by atoms with E-state index < -0.39 is 0 Å². The average Bonchev–Trinajstić information content (AvgIpc) is 3.15. The molecule has 0 bridgehead atoms. The molecular weight excluding hydrogens is 230 g/mol. The van der Waals surface area contributed by atoms with E-state index in [4.69, 9.17) is 11.6 Å². The molecule has 1 aromatic rings. The van der Waals surface area contributed by atoms with E-state index in [1.807, 2.05) is 12.1 Å². The Morgan fingerprint density at radius 2 is 2.00 bits per heavy atom. The normalized spacial score (nSPS) is 17.1. The van der Waals surface area contributed by atoms with Crippen molar-refractivity contribution < 1.29 is 0 Å². The molecule has 0 aromatic heterocycles. The van der Waals surface area contributed by atoms with Crippen LogP contribution in [-0.2, 0) is 6.42 Å². The Bertz CT molecular complexity index is 329. The molecule has 1 unspecified atom stereocenters. The Balaban J connectivity index is 1.72. The lowest BCUT2D eigenvalue weighted by Gasteiger charge is -2.16. The first-order valence-corrected chi connectivity index (χ1v) is 7.15. The molecular formula is C15H22ClN. The molecule has 1 saturated carbocycles. The van der Waals surface area contributed by atoms with Crippen LogP contribution in [0.15, 0.2) is 24.3 Å². The average molecular weight is 252 g/mol. The fourth-order valence-corrected chi connectivity index (χ4v) is 2.57. The Kier molecular flexibility index (Phi) is 4.87. The Morgan fingerprint density at radius 3 is 2.59 bits per heavy atom. The summed E-state index contributed by atoms with van der Waals surface area (Å²) in [6.07, 6.45) is 6.61. The van der Waals surface area contributed by atoms with E-state index in [0.717, 1.165) is 23.5 Å².